The summed E-state index contributed by atoms with van der Waals surface area (Å²) in [6, 6.07) is 7.48. The van der Waals surface area contributed by atoms with Crippen molar-refractivity contribution in [3.05, 3.63) is 35.4 Å². The number of oxime groups is 2. The standard InChI is InChI=1S/C15H19N5O2/c1-11(2)19-22-9-12-7-5-6-8-13(12)14(20-21-4)15(17-3)18-10-16/h5-8H,9H2,1-4H3,(H,17,18)/b20-14-. The highest BCUT2D eigenvalue weighted by atomic mass is 16.6. The van der Waals surface area contributed by atoms with Gasteiger partial charge in [0.15, 0.2) is 17.7 Å². The van der Waals surface area contributed by atoms with Crippen LogP contribution in [0.25, 0.3) is 0 Å². The van der Waals surface area contributed by atoms with Crippen molar-refractivity contribution in [3.63, 3.8) is 0 Å². The van der Waals surface area contributed by atoms with E-state index in [0.717, 1.165) is 16.8 Å². The number of nitriles is 1. The zero-order valence-electron chi connectivity index (χ0n) is 13.1. The molecule has 0 saturated heterocycles. The maximum absolute atomic E-state index is 8.82. The topological polar surface area (TPSA) is 91.4 Å². The molecular formula is C15H19N5O2. The van der Waals surface area contributed by atoms with Crippen LogP contribution >= 0.6 is 0 Å². The van der Waals surface area contributed by atoms with E-state index in [0.29, 0.717) is 11.5 Å². The number of rotatable bonds is 6. The maximum Gasteiger partial charge on any atom is 0.182 e. The van der Waals surface area contributed by atoms with Crippen molar-refractivity contribution in [2.75, 3.05) is 14.2 Å². The Morgan fingerprint density at radius 2 is 2.00 bits per heavy atom. The second kappa shape index (κ2) is 9.13. The molecule has 0 aliphatic heterocycles. The Kier molecular flexibility index (Phi) is 7.13. The van der Waals surface area contributed by atoms with Gasteiger partial charge in [-0.2, -0.15) is 5.26 Å². The smallest absolute Gasteiger partial charge is 0.182 e. The fraction of sp³-hybridized carbons (Fsp3) is 0.333. The maximum atomic E-state index is 8.82. The van der Waals surface area contributed by atoms with Crippen LogP contribution in [0.1, 0.15) is 25.0 Å². The third kappa shape index (κ3) is 4.90. The molecule has 22 heavy (non-hydrogen) atoms. The van der Waals surface area contributed by atoms with E-state index in [9.17, 15) is 0 Å². The second-order valence-corrected chi connectivity index (χ2v) is 4.40. The summed E-state index contributed by atoms with van der Waals surface area (Å²) < 4.78 is 0. The Bertz CT molecular complexity index is 625. The zero-order valence-corrected chi connectivity index (χ0v) is 13.1. The van der Waals surface area contributed by atoms with Crippen molar-refractivity contribution < 1.29 is 9.68 Å². The minimum absolute atomic E-state index is 0.271. The van der Waals surface area contributed by atoms with Crippen LogP contribution in [-0.4, -0.2) is 31.4 Å². The molecule has 0 saturated carbocycles. The number of benzene rings is 1. The van der Waals surface area contributed by atoms with Gasteiger partial charge < -0.3 is 9.68 Å². The van der Waals surface area contributed by atoms with Crippen molar-refractivity contribution in [3.8, 4) is 6.19 Å². The van der Waals surface area contributed by atoms with Crippen LogP contribution in [0.3, 0.4) is 0 Å². The molecule has 1 aromatic rings. The van der Waals surface area contributed by atoms with Crippen LogP contribution in [0.2, 0.25) is 0 Å². The molecule has 0 aliphatic rings. The first kappa shape index (κ1) is 17.2. The Labute approximate surface area is 129 Å². The monoisotopic (exact) mass is 301 g/mol. The van der Waals surface area contributed by atoms with E-state index in [1.165, 1.54) is 7.11 Å². The molecule has 0 heterocycles. The minimum Gasteiger partial charge on any atom is -0.399 e. The summed E-state index contributed by atoms with van der Waals surface area (Å²) in [6.07, 6.45) is 1.83. The van der Waals surface area contributed by atoms with Crippen molar-refractivity contribution in [2.24, 2.45) is 15.3 Å². The van der Waals surface area contributed by atoms with E-state index in [1.54, 1.807) is 7.05 Å². The van der Waals surface area contributed by atoms with Gasteiger partial charge in [-0.3, -0.25) is 10.3 Å². The Morgan fingerprint density at radius 1 is 1.27 bits per heavy atom. The van der Waals surface area contributed by atoms with Gasteiger partial charge in [0.2, 0.25) is 0 Å². The number of nitrogens with one attached hydrogen (secondary N) is 1. The summed E-state index contributed by atoms with van der Waals surface area (Å²) in [4.78, 5) is 14.2. The molecule has 1 aromatic carbocycles. The van der Waals surface area contributed by atoms with Crippen LogP contribution in [-0.2, 0) is 16.3 Å². The molecule has 0 fully saturated rings. The molecule has 0 radical (unpaired) electrons. The molecule has 1 N–H and O–H groups in total. The van der Waals surface area contributed by atoms with Gasteiger partial charge in [0.1, 0.15) is 13.7 Å². The third-order valence-electron chi connectivity index (χ3n) is 2.54. The zero-order chi connectivity index (χ0) is 16.4. The van der Waals surface area contributed by atoms with E-state index in [4.69, 9.17) is 14.9 Å². The molecule has 0 atom stereocenters. The first-order chi connectivity index (χ1) is 10.6. The highest BCUT2D eigenvalue weighted by Crippen LogP contribution is 2.13. The average Bonchev–Trinajstić information content (AvgIpc) is 2.51. The van der Waals surface area contributed by atoms with Crippen LogP contribution in [0.4, 0.5) is 0 Å². The second-order valence-electron chi connectivity index (χ2n) is 4.40. The fourth-order valence-corrected chi connectivity index (χ4v) is 1.69. The average molecular weight is 301 g/mol. The van der Waals surface area contributed by atoms with Gasteiger partial charge in [-0.05, 0) is 13.8 Å². The van der Waals surface area contributed by atoms with Crippen molar-refractivity contribution in [2.45, 2.75) is 20.5 Å². The van der Waals surface area contributed by atoms with Gasteiger partial charge in [0.05, 0.1) is 5.71 Å². The summed E-state index contributed by atoms with van der Waals surface area (Å²) in [5, 5.41) is 19.2. The Balaban J connectivity index is 3.18. The summed E-state index contributed by atoms with van der Waals surface area (Å²) >= 11 is 0. The molecule has 0 aliphatic carbocycles. The van der Waals surface area contributed by atoms with Crippen molar-refractivity contribution in [1.82, 2.24) is 5.32 Å². The summed E-state index contributed by atoms with van der Waals surface area (Å²) in [5.74, 6) is 0.312. The molecular weight excluding hydrogens is 282 g/mol. The van der Waals surface area contributed by atoms with Gasteiger partial charge >= 0.3 is 0 Å². The predicted octanol–water partition coefficient (Wildman–Crippen LogP) is 2.05. The highest BCUT2D eigenvalue weighted by molar-refractivity contribution is 6.48. The quantitative estimate of drug-likeness (QED) is 0.286. The van der Waals surface area contributed by atoms with Gasteiger partial charge in [0, 0.05) is 18.2 Å². The van der Waals surface area contributed by atoms with Crippen LogP contribution in [0, 0.1) is 11.5 Å². The lowest BCUT2D eigenvalue weighted by Gasteiger charge is -2.11. The van der Waals surface area contributed by atoms with Crippen molar-refractivity contribution >= 4 is 17.3 Å². The molecule has 0 amide bonds. The summed E-state index contributed by atoms with van der Waals surface area (Å²) in [5.41, 5.74) is 2.84. The molecule has 1 rings (SSSR count). The molecule has 0 bridgehead atoms. The number of amidine groups is 1. The molecule has 0 aromatic heterocycles. The number of aliphatic imine (C=N–C) groups is 1. The molecule has 7 nitrogen and oxygen atoms in total. The molecule has 0 unspecified atom stereocenters. The van der Waals surface area contributed by atoms with Gasteiger partial charge in [-0.25, -0.2) is 0 Å². The van der Waals surface area contributed by atoms with E-state index in [1.807, 2.05) is 44.3 Å². The third-order valence-corrected chi connectivity index (χ3v) is 2.54. The predicted molar refractivity (Wildman–Crippen MR) is 85.7 cm³/mol. The van der Waals surface area contributed by atoms with Crippen LogP contribution < -0.4 is 5.32 Å². The lowest BCUT2D eigenvalue weighted by Crippen LogP contribution is -2.29. The van der Waals surface area contributed by atoms with E-state index in [2.05, 4.69) is 20.6 Å². The van der Waals surface area contributed by atoms with Crippen molar-refractivity contribution in [1.29, 1.82) is 5.26 Å². The van der Waals surface area contributed by atoms with Crippen LogP contribution in [0.15, 0.2) is 39.6 Å². The summed E-state index contributed by atoms with van der Waals surface area (Å²) in [7, 11) is 3.00. The van der Waals surface area contributed by atoms with Gasteiger partial charge in [0.25, 0.3) is 0 Å². The van der Waals surface area contributed by atoms with E-state index in [-0.39, 0.29) is 6.61 Å². The van der Waals surface area contributed by atoms with E-state index < -0.39 is 0 Å². The summed E-state index contributed by atoms with van der Waals surface area (Å²) in [6.45, 7) is 3.97. The Morgan fingerprint density at radius 3 is 2.59 bits per heavy atom. The molecule has 0 spiro atoms. The lowest BCUT2D eigenvalue weighted by molar-refractivity contribution is 0.130. The van der Waals surface area contributed by atoms with E-state index >= 15 is 0 Å². The minimum atomic E-state index is 0.271. The first-order valence-electron chi connectivity index (χ1n) is 6.58. The number of hydrogen-bond acceptors (Lipinski definition) is 6. The first-order valence-corrected chi connectivity index (χ1v) is 6.58. The number of nitrogens with zero attached hydrogens (tertiary/aromatic N) is 4. The van der Waals surface area contributed by atoms with Gasteiger partial charge in [-0.1, -0.05) is 34.6 Å². The Hall–Kier alpha value is -2.88. The normalized spacial score (nSPS) is 11.4. The highest BCUT2D eigenvalue weighted by Gasteiger charge is 2.16. The number of hydrogen-bond donors (Lipinski definition) is 1. The van der Waals surface area contributed by atoms with Crippen LogP contribution in [0.5, 0.6) is 0 Å². The SMILES string of the molecule is CN=C(NC#N)/C(=N\OC)c1ccccc1CON=C(C)C. The lowest BCUT2D eigenvalue weighted by atomic mass is 10.0. The molecule has 7 heteroatoms. The molecule has 116 valence electrons. The largest absolute Gasteiger partial charge is 0.399 e. The van der Waals surface area contributed by atoms with Gasteiger partial charge in [-0.15, -0.1) is 0 Å². The fourth-order valence-electron chi connectivity index (χ4n) is 1.69.